The molecule has 20 heavy (non-hydrogen) atoms. The number of hydrogen-bond donors (Lipinski definition) is 1. The average Bonchev–Trinajstić information content (AvgIpc) is 2.78. The molecule has 0 aliphatic carbocycles. The van der Waals surface area contributed by atoms with E-state index in [1.54, 1.807) is 24.3 Å². The monoisotopic (exact) mass is 307 g/mol. The Morgan fingerprint density at radius 2 is 1.75 bits per heavy atom. The lowest BCUT2D eigenvalue weighted by molar-refractivity contribution is 0.103. The number of aromatic amines is 1. The SMILES string of the molecule is O=C(c1ccc(Cl)cc1)c1cc(Cl)cc2[nH]c(=O)oc12. The van der Waals surface area contributed by atoms with Gasteiger partial charge in [0.2, 0.25) is 0 Å². The number of H-pyrrole nitrogens is 1. The molecule has 0 fully saturated rings. The van der Waals surface area contributed by atoms with E-state index in [9.17, 15) is 9.59 Å². The third-order valence-corrected chi connectivity index (χ3v) is 3.31. The van der Waals surface area contributed by atoms with E-state index in [1.807, 2.05) is 0 Å². The molecule has 0 bridgehead atoms. The number of oxazole rings is 1. The number of hydrogen-bond acceptors (Lipinski definition) is 3. The number of fused-ring (bicyclic) bond motifs is 1. The van der Waals surface area contributed by atoms with E-state index in [1.165, 1.54) is 12.1 Å². The fourth-order valence-electron chi connectivity index (χ4n) is 1.95. The van der Waals surface area contributed by atoms with Gasteiger partial charge in [0, 0.05) is 15.6 Å². The van der Waals surface area contributed by atoms with Crippen LogP contribution in [0.3, 0.4) is 0 Å². The second kappa shape index (κ2) is 4.81. The van der Waals surface area contributed by atoms with Crippen molar-refractivity contribution in [2.45, 2.75) is 0 Å². The molecule has 3 rings (SSSR count). The Balaban J connectivity index is 2.20. The first-order valence-electron chi connectivity index (χ1n) is 5.67. The van der Waals surface area contributed by atoms with Crippen molar-refractivity contribution in [1.82, 2.24) is 4.98 Å². The highest BCUT2D eigenvalue weighted by Crippen LogP contribution is 2.24. The molecule has 0 unspecified atom stereocenters. The molecule has 0 aliphatic heterocycles. The lowest BCUT2D eigenvalue weighted by Gasteiger charge is -2.03. The predicted molar refractivity (Wildman–Crippen MR) is 76.7 cm³/mol. The zero-order valence-corrected chi connectivity index (χ0v) is 11.5. The van der Waals surface area contributed by atoms with Gasteiger partial charge in [0.1, 0.15) is 0 Å². The molecule has 0 amide bonds. The van der Waals surface area contributed by atoms with Crippen LogP contribution >= 0.6 is 23.2 Å². The molecule has 3 aromatic rings. The van der Waals surface area contributed by atoms with Gasteiger partial charge in [-0.2, -0.15) is 0 Å². The number of carbonyl (C=O) groups excluding carboxylic acids is 1. The number of nitrogens with one attached hydrogen (secondary N) is 1. The summed E-state index contributed by atoms with van der Waals surface area (Å²) < 4.78 is 5.00. The molecule has 0 radical (unpaired) electrons. The molecule has 0 saturated heterocycles. The molecule has 1 aromatic heterocycles. The minimum Gasteiger partial charge on any atom is -0.407 e. The van der Waals surface area contributed by atoms with Gasteiger partial charge in [-0.25, -0.2) is 4.79 Å². The van der Waals surface area contributed by atoms with E-state index in [2.05, 4.69) is 4.98 Å². The summed E-state index contributed by atoms with van der Waals surface area (Å²) in [6.45, 7) is 0. The standard InChI is InChI=1S/C14H7Cl2NO3/c15-8-3-1-7(2-4-8)12(18)10-5-9(16)6-11-13(10)20-14(19)17-11/h1-6H,(H,17,19). The molecule has 1 heterocycles. The maximum Gasteiger partial charge on any atom is 0.417 e. The van der Waals surface area contributed by atoms with Crippen LogP contribution in [0.2, 0.25) is 10.0 Å². The zero-order chi connectivity index (χ0) is 14.3. The summed E-state index contributed by atoms with van der Waals surface area (Å²) in [5, 5.41) is 0.873. The van der Waals surface area contributed by atoms with Crippen LogP contribution in [0.25, 0.3) is 11.1 Å². The van der Waals surface area contributed by atoms with E-state index < -0.39 is 5.76 Å². The van der Waals surface area contributed by atoms with E-state index in [0.29, 0.717) is 21.1 Å². The quantitative estimate of drug-likeness (QED) is 0.735. The lowest BCUT2D eigenvalue weighted by atomic mass is 10.0. The van der Waals surface area contributed by atoms with E-state index in [-0.39, 0.29) is 16.9 Å². The highest BCUT2D eigenvalue weighted by atomic mass is 35.5. The predicted octanol–water partition coefficient (Wildman–Crippen LogP) is 3.66. The molecule has 0 spiro atoms. The highest BCUT2D eigenvalue weighted by molar-refractivity contribution is 6.32. The van der Waals surface area contributed by atoms with Crippen LogP contribution in [0.1, 0.15) is 15.9 Å². The summed E-state index contributed by atoms with van der Waals surface area (Å²) in [4.78, 5) is 26.2. The first-order valence-corrected chi connectivity index (χ1v) is 6.43. The van der Waals surface area contributed by atoms with Gasteiger partial charge < -0.3 is 4.42 Å². The molecular weight excluding hydrogens is 301 g/mol. The van der Waals surface area contributed by atoms with Gasteiger partial charge in [0.15, 0.2) is 11.4 Å². The van der Waals surface area contributed by atoms with Crippen molar-refractivity contribution in [2.24, 2.45) is 0 Å². The van der Waals surface area contributed by atoms with Gasteiger partial charge in [0.05, 0.1) is 11.1 Å². The lowest BCUT2D eigenvalue weighted by Crippen LogP contribution is -2.01. The van der Waals surface area contributed by atoms with Crippen molar-refractivity contribution in [3.63, 3.8) is 0 Å². The summed E-state index contributed by atoms with van der Waals surface area (Å²) in [5.74, 6) is -0.927. The third-order valence-electron chi connectivity index (χ3n) is 2.84. The van der Waals surface area contributed by atoms with Crippen LogP contribution in [-0.4, -0.2) is 10.8 Å². The van der Waals surface area contributed by atoms with Crippen LogP contribution in [-0.2, 0) is 0 Å². The Morgan fingerprint density at radius 3 is 2.45 bits per heavy atom. The Kier molecular flexibility index (Phi) is 3.12. The summed E-state index contributed by atoms with van der Waals surface area (Å²) in [7, 11) is 0. The van der Waals surface area contributed by atoms with Gasteiger partial charge in [-0.3, -0.25) is 9.78 Å². The first-order chi connectivity index (χ1) is 9.54. The smallest absolute Gasteiger partial charge is 0.407 e. The molecule has 0 saturated carbocycles. The van der Waals surface area contributed by atoms with Crippen molar-refractivity contribution in [2.75, 3.05) is 0 Å². The van der Waals surface area contributed by atoms with Crippen molar-refractivity contribution in [3.05, 3.63) is 68.1 Å². The van der Waals surface area contributed by atoms with Gasteiger partial charge in [-0.15, -0.1) is 0 Å². The third kappa shape index (κ3) is 2.24. The highest BCUT2D eigenvalue weighted by Gasteiger charge is 2.17. The number of benzene rings is 2. The van der Waals surface area contributed by atoms with Crippen LogP contribution in [0.4, 0.5) is 0 Å². The second-order valence-corrected chi connectivity index (χ2v) is 5.05. The Bertz CT molecular complexity index is 862. The molecule has 6 heteroatoms. The van der Waals surface area contributed by atoms with Gasteiger partial charge in [-0.05, 0) is 36.4 Å². The van der Waals surface area contributed by atoms with E-state index in [4.69, 9.17) is 27.6 Å². The Hall–Kier alpha value is -2.04. The van der Waals surface area contributed by atoms with Crippen LogP contribution in [0.5, 0.6) is 0 Å². The normalized spacial score (nSPS) is 10.9. The Labute approximate surface area is 122 Å². The number of aromatic nitrogens is 1. The van der Waals surface area contributed by atoms with Gasteiger partial charge in [-0.1, -0.05) is 23.2 Å². The van der Waals surface area contributed by atoms with Crippen molar-refractivity contribution in [3.8, 4) is 0 Å². The number of carbonyl (C=O) groups is 1. The number of rotatable bonds is 2. The molecule has 0 aliphatic rings. The van der Waals surface area contributed by atoms with Gasteiger partial charge in [0.25, 0.3) is 0 Å². The summed E-state index contributed by atoms with van der Waals surface area (Å²) in [5.41, 5.74) is 1.24. The van der Waals surface area contributed by atoms with Crippen LogP contribution in [0.15, 0.2) is 45.6 Å². The Morgan fingerprint density at radius 1 is 1.05 bits per heavy atom. The molecule has 100 valence electrons. The fourth-order valence-corrected chi connectivity index (χ4v) is 2.29. The summed E-state index contributed by atoms with van der Waals surface area (Å²) in [6.07, 6.45) is 0. The van der Waals surface area contributed by atoms with Crippen LogP contribution in [0, 0.1) is 0 Å². The van der Waals surface area contributed by atoms with Gasteiger partial charge >= 0.3 is 5.76 Å². The maximum absolute atomic E-state index is 12.5. The van der Waals surface area contributed by atoms with Crippen molar-refractivity contribution in [1.29, 1.82) is 0 Å². The fraction of sp³-hybridized carbons (Fsp3) is 0. The molecule has 1 N–H and O–H groups in total. The topological polar surface area (TPSA) is 63.1 Å². The van der Waals surface area contributed by atoms with Crippen molar-refractivity contribution < 1.29 is 9.21 Å². The second-order valence-electron chi connectivity index (χ2n) is 4.18. The average molecular weight is 308 g/mol. The molecule has 2 aromatic carbocycles. The van der Waals surface area contributed by atoms with E-state index >= 15 is 0 Å². The minimum atomic E-state index is -0.632. The first kappa shape index (κ1) is 13.0. The largest absolute Gasteiger partial charge is 0.417 e. The zero-order valence-electron chi connectivity index (χ0n) is 9.94. The van der Waals surface area contributed by atoms with Crippen molar-refractivity contribution >= 4 is 40.1 Å². The van der Waals surface area contributed by atoms with Crippen LogP contribution < -0.4 is 5.76 Å². The maximum atomic E-state index is 12.5. The summed E-state index contributed by atoms with van der Waals surface area (Å²) in [6, 6.07) is 9.43. The number of ketones is 1. The molecule has 0 atom stereocenters. The minimum absolute atomic E-state index is 0.194. The molecular formula is C14H7Cl2NO3. The van der Waals surface area contributed by atoms with E-state index in [0.717, 1.165) is 0 Å². The number of halogens is 2. The molecule has 4 nitrogen and oxygen atoms in total. The summed E-state index contributed by atoms with van der Waals surface area (Å²) >= 11 is 11.7.